The molecular weight excluding hydrogens is 282 g/mol. The summed E-state index contributed by atoms with van der Waals surface area (Å²) in [6.45, 7) is 0.494. The van der Waals surface area contributed by atoms with Gasteiger partial charge in [-0.15, -0.1) is 0 Å². The molecule has 1 fully saturated rings. The van der Waals surface area contributed by atoms with E-state index in [1.165, 1.54) is 36.6 Å². The van der Waals surface area contributed by atoms with E-state index in [-0.39, 0.29) is 16.3 Å². The molecule has 8 heteroatoms. The predicted molar refractivity (Wildman–Crippen MR) is 75.2 cm³/mol. The Morgan fingerprint density at radius 2 is 2.10 bits per heavy atom. The molecule has 0 radical (unpaired) electrons. The smallest absolute Gasteiger partial charge is 0.292 e. The molecule has 0 aliphatic heterocycles. The largest absolute Gasteiger partial charge is 0.383 e. The van der Waals surface area contributed by atoms with Crippen molar-refractivity contribution >= 4 is 21.4 Å². The highest BCUT2D eigenvalue weighted by Gasteiger charge is 2.30. The van der Waals surface area contributed by atoms with Crippen LogP contribution in [0.3, 0.4) is 0 Å². The molecule has 2 rings (SSSR count). The molecule has 1 aromatic rings. The van der Waals surface area contributed by atoms with E-state index < -0.39 is 14.9 Å². The predicted octanol–water partition coefficient (Wildman–Crippen LogP) is 1.67. The molecule has 1 saturated carbocycles. The van der Waals surface area contributed by atoms with E-state index in [4.69, 9.17) is 0 Å². The van der Waals surface area contributed by atoms with Gasteiger partial charge in [0.15, 0.2) is 0 Å². The molecule has 0 spiro atoms. The van der Waals surface area contributed by atoms with Gasteiger partial charge in [0.2, 0.25) is 10.0 Å². The standard InChI is InChI=1S/C12H17N3O4S/c1-13-11-7-10(5-6-12(11)15(16)17)20(18,19)14(2)8-9-3-4-9/h5-7,9,13H,3-4,8H2,1-2H3. The molecule has 0 saturated heterocycles. The van der Waals surface area contributed by atoms with Crippen LogP contribution in [-0.4, -0.2) is 38.3 Å². The van der Waals surface area contributed by atoms with Crippen molar-refractivity contribution in [3.8, 4) is 0 Å². The first-order chi connectivity index (χ1) is 9.36. The second-order valence-corrected chi connectivity index (χ2v) is 6.96. The van der Waals surface area contributed by atoms with Crippen LogP contribution in [0.1, 0.15) is 12.8 Å². The minimum atomic E-state index is -3.60. The van der Waals surface area contributed by atoms with Crippen LogP contribution in [0.15, 0.2) is 23.1 Å². The van der Waals surface area contributed by atoms with E-state index in [2.05, 4.69) is 5.32 Å². The number of hydrogen-bond acceptors (Lipinski definition) is 5. The van der Waals surface area contributed by atoms with Crippen molar-refractivity contribution in [2.45, 2.75) is 17.7 Å². The van der Waals surface area contributed by atoms with Crippen molar-refractivity contribution in [3.05, 3.63) is 28.3 Å². The van der Waals surface area contributed by atoms with Gasteiger partial charge in [0.05, 0.1) is 9.82 Å². The van der Waals surface area contributed by atoms with Gasteiger partial charge in [0.1, 0.15) is 5.69 Å². The van der Waals surface area contributed by atoms with Crippen LogP contribution >= 0.6 is 0 Å². The maximum atomic E-state index is 12.4. The zero-order chi connectivity index (χ0) is 14.9. The molecule has 1 N–H and O–H groups in total. The lowest BCUT2D eigenvalue weighted by atomic mass is 10.3. The summed E-state index contributed by atoms with van der Waals surface area (Å²) in [5, 5.41) is 13.5. The fraction of sp³-hybridized carbons (Fsp3) is 0.500. The third-order valence-electron chi connectivity index (χ3n) is 3.35. The van der Waals surface area contributed by atoms with Crippen molar-refractivity contribution in [2.75, 3.05) is 26.0 Å². The van der Waals surface area contributed by atoms with Gasteiger partial charge in [-0.3, -0.25) is 10.1 Å². The minimum absolute atomic E-state index is 0.0654. The summed E-state index contributed by atoms with van der Waals surface area (Å²) in [7, 11) is -0.542. The summed E-state index contributed by atoms with van der Waals surface area (Å²) in [6.07, 6.45) is 2.11. The van der Waals surface area contributed by atoms with Gasteiger partial charge in [-0.1, -0.05) is 0 Å². The summed E-state index contributed by atoms with van der Waals surface area (Å²) >= 11 is 0. The Kier molecular flexibility index (Phi) is 3.96. The Hall–Kier alpha value is -1.67. The van der Waals surface area contributed by atoms with Gasteiger partial charge < -0.3 is 5.32 Å². The maximum Gasteiger partial charge on any atom is 0.292 e. The molecule has 0 heterocycles. The maximum absolute atomic E-state index is 12.4. The summed E-state index contributed by atoms with van der Waals surface area (Å²) in [5.74, 6) is 0.441. The second kappa shape index (κ2) is 5.37. The van der Waals surface area contributed by atoms with Crippen LogP contribution in [0.4, 0.5) is 11.4 Å². The fourth-order valence-corrected chi connectivity index (χ4v) is 3.25. The Bertz CT molecular complexity index is 626. The molecule has 110 valence electrons. The van der Waals surface area contributed by atoms with Crippen molar-refractivity contribution in [1.29, 1.82) is 0 Å². The number of rotatable bonds is 6. The van der Waals surface area contributed by atoms with E-state index in [1.807, 2.05) is 0 Å². The number of benzene rings is 1. The molecule has 0 unspecified atom stereocenters. The van der Waals surface area contributed by atoms with Gasteiger partial charge in [0, 0.05) is 26.7 Å². The Morgan fingerprint density at radius 3 is 2.60 bits per heavy atom. The lowest BCUT2D eigenvalue weighted by Crippen LogP contribution is -2.29. The zero-order valence-electron chi connectivity index (χ0n) is 11.4. The third-order valence-corrected chi connectivity index (χ3v) is 5.17. The normalized spacial score (nSPS) is 15.3. The minimum Gasteiger partial charge on any atom is -0.383 e. The molecule has 20 heavy (non-hydrogen) atoms. The molecule has 1 aliphatic carbocycles. The first-order valence-electron chi connectivity index (χ1n) is 6.29. The quantitative estimate of drug-likeness (QED) is 0.637. The van der Waals surface area contributed by atoms with Crippen LogP contribution in [0, 0.1) is 16.0 Å². The highest BCUT2D eigenvalue weighted by Crippen LogP contribution is 2.32. The van der Waals surface area contributed by atoms with E-state index in [1.54, 1.807) is 0 Å². The summed E-state index contributed by atoms with van der Waals surface area (Å²) in [4.78, 5) is 10.4. The first-order valence-corrected chi connectivity index (χ1v) is 7.73. The van der Waals surface area contributed by atoms with Gasteiger partial charge in [0.25, 0.3) is 5.69 Å². The Morgan fingerprint density at radius 1 is 1.45 bits per heavy atom. The molecule has 1 aliphatic rings. The Balaban J connectivity index is 2.33. The Labute approximate surface area is 117 Å². The highest BCUT2D eigenvalue weighted by atomic mass is 32.2. The van der Waals surface area contributed by atoms with E-state index in [0.29, 0.717) is 12.5 Å². The molecule has 1 aromatic carbocycles. The molecule has 7 nitrogen and oxygen atoms in total. The van der Waals surface area contributed by atoms with E-state index in [0.717, 1.165) is 12.8 Å². The number of sulfonamides is 1. The van der Waals surface area contributed by atoms with Crippen molar-refractivity contribution < 1.29 is 13.3 Å². The van der Waals surface area contributed by atoms with Gasteiger partial charge in [-0.25, -0.2) is 12.7 Å². The number of nitrogens with one attached hydrogen (secondary N) is 1. The molecule has 0 atom stereocenters. The monoisotopic (exact) mass is 299 g/mol. The summed E-state index contributed by atoms with van der Waals surface area (Å²) in [6, 6.07) is 3.79. The number of nitro benzene ring substituents is 1. The molecule has 0 aromatic heterocycles. The van der Waals surface area contributed by atoms with Crippen LogP contribution < -0.4 is 5.32 Å². The van der Waals surface area contributed by atoms with Crippen molar-refractivity contribution in [2.24, 2.45) is 5.92 Å². The van der Waals surface area contributed by atoms with Crippen molar-refractivity contribution in [1.82, 2.24) is 4.31 Å². The van der Waals surface area contributed by atoms with Crippen LogP contribution in [0.2, 0.25) is 0 Å². The topological polar surface area (TPSA) is 92.6 Å². The van der Waals surface area contributed by atoms with Crippen molar-refractivity contribution in [3.63, 3.8) is 0 Å². The number of nitrogens with zero attached hydrogens (tertiary/aromatic N) is 2. The third kappa shape index (κ3) is 2.91. The number of anilines is 1. The first kappa shape index (κ1) is 14.7. The van der Waals surface area contributed by atoms with Crippen LogP contribution in [-0.2, 0) is 10.0 Å². The second-order valence-electron chi connectivity index (χ2n) is 4.91. The van der Waals surface area contributed by atoms with Crippen LogP contribution in [0.5, 0.6) is 0 Å². The highest BCUT2D eigenvalue weighted by molar-refractivity contribution is 7.89. The number of nitro groups is 1. The van der Waals surface area contributed by atoms with Gasteiger partial charge in [-0.05, 0) is 30.9 Å². The van der Waals surface area contributed by atoms with Gasteiger partial charge in [-0.2, -0.15) is 0 Å². The van der Waals surface area contributed by atoms with Crippen LogP contribution in [0.25, 0.3) is 0 Å². The number of hydrogen-bond donors (Lipinski definition) is 1. The van der Waals surface area contributed by atoms with Gasteiger partial charge >= 0.3 is 0 Å². The average Bonchev–Trinajstić information content (AvgIpc) is 3.21. The molecular formula is C12H17N3O4S. The lowest BCUT2D eigenvalue weighted by molar-refractivity contribution is -0.384. The zero-order valence-corrected chi connectivity index (χ0v) is 12.2. The fourth-order valence-electron chi connectivity index (χ4n) is 1.98. The SMILES string of the molecule is CNc1cc(S(=O)(=O)N(C)CC2CC2)ccc1[N+](=O)[O-]. The molecule has 0 amide bonds. The lowest BCUT2D eigenvalue weighted by Gasteiger charge is -2.17. The van der Waals surface area contributed by atoms with E-state index in [9.17, 15) is 18.5 Å². The van der Waals surface area contributed by atoms with E-state index >= 15 is 0 Å². The summed E-state index contributed by atoms with van der Waals surface area (Å²) in [5.41, 5.74) is 0.0483. The summed E-state index contributed by atoms with van der Waals surface area (Å²) < 4.78 is 26.1. The molecule has 0 bridgehead atoms. The average molecular weight is 299 g/mol.